The van der Waals surface area contributed by atoms with Crippen molar-refractivity contribution >= 4 is 35.0 Å². The number of benzene rings is 1. The van der Waals surface area contributed by atoms with Gasteiger partial charge < -0.3 is 5.32 Å². The first-order valence-electron chi connectivity index (χ1n) is 7.23. The van der Waals surface area contributed by atoms with Crippen molar-refractivity contribution in [3.8, 4) is 0 Å². The molecule has 1 atom stereocenters. The van der Waals surface area contributed by atoms with Crippen LogP contribution < -0.4 is 5.32 Å². The average molecular weight is 390 g/mol. The molecule has 134 valence electrons. The normalized spacial score (nSPS) is 12.8. The number of halogens is 4. The summed E-state index contributed by atoms with van der Waals surface area (Å²) in [6.45, 7) is 5.18. The van der Waals surface area contributed by atoms with Crippen molar-refractivity contribution in [1.29, 1.82) is 0 Å². The molecule has 25 heavy (non-hydrogen) atoms. The monoisotopic (exact) mass is 389 g/mol. The number of hydrogen-bond acceptors (Lipinski definition) is 4. The van der Waals surface area contributed by atoms with E-state index in [1.54, 1.807) is 19.9 Å². The number of alkyl halides is 3. The number of aromatic nitrogens is 2. The molecule has 0 fully saturated rings. The van der Waals surface area contributed by atoms with Crippen LogP contribution in [0.5, 0.6) is 0 Å². The van der Waals surface area contributed by atoms with E-state index in [2.05, 4.69) is 15.3 Å². The van der Waals surface area contributed by atoms with E-state index in [9.17, 15) is 18.0 Å². The molecule has 0 spiro atoms. The van der Waals surface area contributed by atoms with Crippen molar-refractivity contribution in [2.24, 2.45) is 0 Å². The maximum Gasteiger partial charge on any atom is 0.416 e. The number of aryl methyl sites for hydroxylation is 2. The lowest BCUT2D eigenvalue weighted by molar-refractivity contribution is -0.137. The molecule has 1 aromatic heterocycles. The number of rotatable bonds is 4. The molecular formula is C16H15ClF3N3OS. The Labute approximate surface area is 152 Å². The topological polar surface area (TPSA) is 54.9 Å². The van der Waals surface area contributed by atoms with Gasteiger partial charge in [-0.05, 0) is 45.0 Å². The molecular weight excluding hydrogens is 375 g/mol. The summed E-state index contributed by atoms with van der Waals surface area (Å²) in [7, 11) is 0. The molecule has 1 amide bonds. The molecule has 1 aromatic carbocycles. The van der Waals surface area contributed by atoms with Crippen LogP contribution in [0.2, 0.25) is 5.02 Å². The molecule has 0 aliphatic heterocycles. The highest BCUT2D eigenvalue weighted by Crippen LogP contribution is 2.34. The second-order valence-corrected chi connectivity index (χ2v) is 7.10. The zero-order chi connectivity index (χ0) is 18.8. The van der Waals surface area contributed by atoms with Crippen molar-refractivity contribution in [2.75, 3.05) is 5.32 Å². The van der Waals surface area contributed by atoms with Crippen LogP contribution in [0, 0.1) is 13.8 Å². The Bertz CT molecular complexity index is 778. The third-order valence-corrected chi connectivity index (χ3v) is 4.51. The Morgan fingerprint density at radius 2 is 1.92 bits per heavy atom. The van der Waals surface area contributed by atoms with Gasteiger partial charge in [-0.2, -0.15) is 13.2 Å². The van der Waals surface area contributed by atoms with E-state index in [1.807, 2.05) is 6.92 Å². The predicted octanol–water partition coefficient (Wildman–Crippen LogP) is 4.88. The highest BCUT2D eigenvalue weighted by Gasteiger charge is 2.31. The van der Waals surface area contributed by atoms with Gasteiger partial charge in [0.25, 0.3) is 0 Å². The third-order valence-electron chi connectivity index (χ3n) is 3.16. The standard InChI is InChI=1S/C16H15ClF3N3OS/c1-8-6-14(22-10(3)21-8)25-9(2)15(24)23-13-7-11(16(18,19)20)4-5-12(13)17/h4-7,9H,1-3H3,(H,23,24). The third kappa shape index (κ3) is 5.34. The van der Waals surface area contributed by atoms with Gasteiger partial charge in [-0.1, -0.05) is 23.4 Å². The lowest BCUT2D eigenvalue weighted by Gasteiger charge is -2.14. The van der Waals surface area contributed by atoms with Crippen molar-refractivity contribution in [3.63, 3.8) is 0 Å². The Morgan fingerprint density at radius 3 is 2.52 bits per heavy atom. The SMILES string of the molecule is Cc1cc(SC(C)C(=O)Nc2cc(C(F)(F)F)ccc2Cl)nc(C)n1. The second-order valence-electron chi connectivity index (χ2n) is 5.34. The molecule has 0 bridgehead atoms. The van der Waals surface area contributed by atoms with Crippen LogP contribution in [0.4, 0.5) is 18.9 Å². The van der Waals surface area contributed by atoms with Crippen LogP contribution in [-0.4, -0.2) is 21.1 Å². The first-order valence-corrected chi connectivity index (χ1v) is 8.48. The van der Waals surface area contributed by atoms with Crippen molar-refractivity contribution in [2.45, 2.75) is 37.2 Å². The summed E-state index contributed by atoms with van der Waals surface area (Å²) in [5, 5.41) is 2.50. The van der Waals surface area contributed by atoms with Crippen LogP contribution in [0.25, 0.3) is 0 Å². The number of thioether (sulfide) groups is 1. The number of carbonyl (C=O) groups excluding carboxylic acids is 1. The van der Waals surface area contributed by atoms with Crippen LogP contribution in [0.3, 0.4) is 0 Å². The molecule has 0 aliphatic carbocycles. The second kappa shape index (κ2) is 7.61. The van der Waals surface area contributed by atoms with E-state index in [1.165, 1.54) is 11.8 Å². The zero-order valence-electron chi connectivity index (χ0n) is 13.6. The molecule has 1 unspecified atom stereocenters. The highest BCUT2D eigenvalue weighted by molar-refractivity contribution is 8.00. The maximum atomic E-state index is 12.8. The highest BCUT2D eigenvalue weighted by atomic mass is 35.5. The van der Waals surface area contributed by atoms with E-state index in [0.717, 1.165) is 23.9 Å². The minimum Gasteiger partial charge on any atom is -0.324 e. The first-order chi connectivity index (χ1) is 11.6. The van der Waals surface area contributed by atoms with Gasteiger partial charge in [-0.25, -0.2) is 9.97 Å². The minimum atomic E-state index is -4.51. The minimum absolute atomic E-state index is 0.0345. The quantitative estimate of drug-likeness (QED) is 0.597. The fourth-order valence-corrected chi connectivity index (χ4v) is 3.13. The number of nitrogens with zero attached hydrogens (tertiary/aromatic N) is 2. The first kappa shape index (κ1) is 19.5. The van der Waals surface area contributed by atoms with Gasteiger partial charge in [-0.15, -0.1) is 0 Å². The summed E-state index contributed by atoms with van der Waals surface area (Å²) in [5.74, 6) is 0.108. The van der Waals surface area contributed by atoms with E-state index in [0.29, 0.717) is 10.9 Å². The van der Waals surface area contributed by atoms with Crippen LogP contribution in [-0.2, 0) is 11.0 Å². The number of hydrogen-bond donors (Lipinski definition) is 1. The molecule has 2 rings (SSSR count). The van der Waals surface area contributed by atoms with E-state index in [4.69, 9.17) is 11.6 Å². The fourth-order valence-electron chi connectivity index (χ4n) is 2.01. The molecule has 1 heterocycles. The number of amides is 1. The molecule has 1 N–H and O–H groups in total. The van der Waals surface area contributed by atoms with E-state index in [-0.39, 0.29) is 10.7 Å². The molecule has 2 aromatic rings. The summed E-state index contributed by atoms with van der Waals surface area (Å²) in [4.78, 5) is 20.7. The van der Waals surface area contributed by atoms with Crippen LogP contribution >= 0.6 is 23.4 Å². The van der Waals surface area contributed by atoms with Gasteiger partial charge in [-0.3, -0.25) is 4.79 Å². The van der Waals surface area contributed by atoms with Crippen molar-refractivity contribution < 1.29 is 18.0 Å². The number of carbonyl (C=O) groups is 1. The molecule has 4 nitrogen and oxygen atoms in total. The lowest BCUT2D eigenvalue weighted by atomic mass is 10.2. The van der Waals surface area contributed by atoms with Crippen molar-refractivity contribution in [1.82, 2.24) is 9.97 Å². The smallest absolute Gasteiger partial charge is 0.324 e. The summed E-state index contributed by atoms with van der Waals surface area (Å²) < 4.78 is 38.4. The van der Waals surface area contributed by atoms with E-state index < -0.39 is 22.9 Å². The molecule has 0 saturated heterocycles. The molecule has 0 aliphatic rings. The Hall–Kier alpha value is -1.80. The largest absolute Gasteiger partial charge is 0.416 e. The summed E-state index contributed by atoms with van der Waals surface area (Å²) >= 11 is 7.07. The van der Waals surface area contributed by atoms with Crippen molar-refractivity contribution in [3.05, 3.63) is 46.4 Å². The van der Waals surface area contributed by atoms with E-state index >= 15 is 0 Å². The summed E-state index contributed by atoms with van der Waals surface area (Å²) in [5.41, 5.74) is -0.193. The molecule has 9 heteroatoms. The Balaban J connectivity index is 2.13. The van der Waals surface area contributed by atoms with Gasteiger partial charge in [0.05, 0.1) is 21.5 Å². The zero-order valence-corrected chi connectivity index (χ0v) is 15.2. The molecule has 0 saturated carbocycles. The summed E-state index contributed by atoms with van der Waals surface area (Å²) in [6, 6.07) is 4.52. The number of nitrogens with one attached hydrogen (secondary N) is 1. The van der Waals surface area contributed by atoms with Gasteiger partial charge in [0, 0.05) is 5.69 Å². The Kier molecular flexibility index (Phi) is 5.95. The molecule has 0 radical (unpaired) electrons. The number of anilines is 1. The van der Waals surface area contributed by atoms with Gasteiger partial charge in [0.15, 0.2) is 0 Å². The lowest BCUT2D eigenvalue weighted by Crippen LogP contribution is -2.23. The maximum absolute atomic E-state index is 12.8. The fraction of sp³-hybridized carbons (Fsp3) is 0.312. The van der Waals surface area contributed by atoms with Crippen LogP contribution in [0.1, 0.15) is 24.0 Å². The Morgan fingerprint density at radius 1 is 1.24 bits per heavy atom. The summed E-state index contributed by atoms with van der Waals surface area (Å²) in [6.07, 6.45) is -4.51. The van der Waals surface area contributed by atoms with Crippen LogP contribution in [0.15, 0.2) is 29.3 Å². The van der Waals surface area contributed by atoms with Gasteiger partial charge in [0.1, 0.15) is 10.9 Å². The predicted molar refractivity (Wildman–Crippen MR) is 91.9 cm³/mol. The average Bonchev–Trinajstić information content (AvgIpc) is 2.47. The van der Waals surface area contributed by atoms with Gasteiger partial charge >= 0.3 is 6.18 Å². The van der Waals surface area contributed by atoms with Gasteiger partial charge in [0.2, 0.25) is 5.91 Å².